The number of aliphatic imine (C=N–C) groups is 1. The van der Waals surface area contributed by atoms with Gasteiger partial charge in [0.2, 0.25) is 0 Å². The summed E-state index contributed by atoms with van der Waals surface area (Å²) in [5.74, 6) is 0. The first kappa shape index (κ1) is 47.8. The van der Waals surface area contributed by atoms with E-state index in [4.69, 9.17) is 57.7 Å². The summed E-state index contributed by atoms with van der Waals surface area (Å²) >= 11 is 14.4. The van der Waals surface area contributed by atoms with E-state index in [-0.39, 0.29) is 0 Å². The molecular weight excluding hydrogens is 543 g/mol. The predicted molar refractivity (Wildman–Crippen MR) is 176 cm³/mol. The lowest BCUT2D eigenvalue weighted by atomic mass is 10.2. The third-order valence-electron chi connectivity index (χ3n) is 4.61. The quantitative estimate of drug-likeness (QED) is 0.0433. The second kappa shape index (κ2) is 57.0. The van der Waals surface area contributed by atoms with Gasteiger partial charge in [0.1, 0.15) is 6.29 Å². The van der Waals surface area contributed by atoms with Crippen LogP contribution in [0.15, 0.2) is 4.99 Å². The Kier molecular flexibility index (Phi) is 71.7. The number of rotatable bonds is 21. The molecule has 0 aromatic rings. The summed E-state index contributed by atoms with van der Waals surface area (Å²) in [5, 5.41) is 3.38. The number of alkyl halides is 3. The summed E-state index contributed by atoms with van der Waals surface area (Å²) in [6.07, 6.45) is 20.6. The molecule has 0 bridgehead atoms. The standard InChI is InChI=1S/C9H22N2.C9H20N2.C6H16N2.C3H6O.CHCl3/c2*1-2-8-11-9-6-4-3-5-7-10;7-5-3-1-2-4-6-8;1-2-3-4;2-1(3)4/h11H,2-10H2,1H3;8H,2-7,9-10H2,1H3;1-8H2;3H,2H2,1H3;1H. The minimum Gasteiger partial charge on any atom is -0.330 e. The van der Waals surface area contributed by atoms with Gasteiger partial charge in [-0.05, 0) is 96.8 Å². The van der Waals surface area contributed by atoms with E-state index in [0.29, 0.717) is 6.42 Å². The zero-order valence-corrected chi connectivity index (χ0v) is 27.4. The van der Waals surface area contributed by atoms with Crippen LogP contribution in [0.4, 0.5) is 0 Å². The van der Waals surface area contributed by atoms with Crippen molar-refractivity contribution in [1.29, 1.82) is 0 Å². The third kappa shape index (κ3) is 91.1. The highest BCUT2D eigenvalue weighted by molar-refractivity contribution is 6.63. The van der Waals surface area contributed by atoms with Crippen LogP contribution in [0.3, 0.4) is 0 Å². The van der Waals surface area contributed by atoms with Gasteiger partial charge in [0.25, 0.3) is 0 Å². The normalized spacial score (nSPS) is 9.87. The van der Waals surface area contributed by atoms with Crippen molar-refractivity contribution in [3.8, 4) is 0 Å². The van der Waals surface area contributed by atoms with E-state index in [2.05, 4.69) is 24.2 Å². The maximum absolute atomic E-state index is 9.17. The largest absolute Gasteiger partial charge is 0.330 e. The molecule has 0 aromatic heterocycles. The Hall–Kier alpha value is 0.01000. The average molecular weight is 608 g/mol. The first-order valence-electron chi connectivity index (χ1n) is 14.7. The first-order chi connectivity index (χ1) is 18.4. The number of nitrogens with zero attached hydrogens (tertiary/aromatic N) is 1. The van der Waals surface area contributed by atoms with E-state index in [1.165, 1.54) is 70.8 Å². The number of carbonyl (C=O) groups is 1. The Bertz CT molecular complexity index is 366. The fraction of sp³-hybridized carbons (Fsp3) is 0.929. The summed E-state index contributed by atoms with van der Waals surface area (Å²) in [4.78, 5) is 13.4. The van der Waals surface area contributed by atoms with Crippen LogP contribution < -0.4 is 28.3 Å². The molecule has 0 unspecified atom stereocenters. The van der Waals surface area contributed by atoms with Gasteiger partial charge in [-0.2, -0.15) is 0 Å². The number of nitrogens with two attached hydrogens (primary N) is 4. The maximum Gasteiger partial charge on any atom is 0.180 e. The van der Waals surface area contributed by atoms with Crippen molar-refractivity contribution >= 4 is 47.3 Å². The van der Waals surface area contributed by atoms with Gasteiger partial charge in [0.15, 0.2) is 4.30 Å². The van der Waals surface area contributed by atoms with Gasteiger partial charge in [-0.25, -0.2) is 0 Å². The SMILES string of the molecule is CCC=NCCCCCCN.CCC=O.CCCNCCCCCCN.ClC(Cl)Cl.NCCCCCCN. The van der Waals surface area contributed by atoms with Gasteiger partial charge in [-0.3, -0.25) is 4.99 Å². The minimum absolute atomic E-state index is 0.639. The molecule has 234 valence electrons. The number of unbranched alkanes of at least 4 members (excludes halogenated alkanes) is 9. The molecule has 0 aliphatic carbocycles. The van der Waals surface area contributed by atoms with Crippen molar-refractivity contribution < 1.29 is 4.79 Å². The summed E-state index contributed by atoms with van der Waals surface area (Å²) in [5.41, 5.74) is 21.3. The number of halogens is 3. The van der Waals surface area contributed by atoms with Crippen LogP contribution in [0, 0.1) is 0 Å². The van der Waals surface area contributed by atoms with E-state index < -0.39 is 4.30 Å². The molecule has 0 aromatic carbocycles. The van der Waals surface area contributed by atoms with Crippen molar-refractivity contribution in [1.82, 2.24) is 5.32 Å². The predicted octanol–water partition coefficient (Wildman–Crippen LogP) is 6.54. The number of aldehydes is 1. The highest BCUT2D eigenvalue weighted by Gasteiger charge is 1.88. The molecule has 0 atom stereocenters. The summed E-state index contributed by atoms with van der Waals surface area (Å²) < 4.78 is -0.750. The zero-order valence-electron chi connectivity index (χ0n) is 25.1. The molecule has 0 rings (SSSR count). The van der Waals surface area contributed by atoms with E-state index >= 15 is 0 Å². The maximum atomic E-state index is 9.17. The molecule has 0 amide bonds. The van der Waals surface area contributed by atoms with Crippen molar-refractivity contribution in [2.24, 2.45) is 27.9 Å². The van der Waals surface area contributed by atoms with Crippen molar-refractivity contribution in [3.63, 3.8) is 0 Å². The zero-order chi connectivity index (χ0) is 30.0. The summed E-state index contributed by atoms with van der Waals surface area (Å²) in [6, 6.07) is 0. The molecule has 9 N–H and O–H groups in total. The molecule has 0 heterocycles. The van der Waals surface area contributed by atoms with Gasteiger partial charge in [0, 0.05) is 13.0 Å². The van der Waals surface area contributed by atoms with Crippen molar-refractivity contribution in [3.05, 3.63) is 0 Å². The first-order valence-corrected chi connectivity index (χ1v) is 16.1. The van der Waals surface area contributed by atoms with E-state index in [0.717, 1.165) is 71.2 Å². The van der Waals surface area contributed by atoms with Gasteiger partial charge < -0.3 is 33.0 Å². The molecule has 0 aliphatic heterocycles. The summed E-state index contributed by atoms with van der Waals surface area (Å²) in [7, 11) is 0. The molecule has 38 heavy (non-hydrogen) atoms. The van der Waals surface area contributed by atoms with Gasteiger partial charge >= 0.3 is 0 Å². The molecule has 7 nitrogen and oxygen atoms in total. The molecular formula is C28H65Cl3N6O. The Morgan fingerprint density at radius 1 is 0.632 bits per heavy atom. The van der Waals surface area contributed by atoms with Crippen molar-refractivity contribution in [2.75, 3.05) is 45.8 Å². The van der Waals surface area contributed by atoms with Crippen LogP contribution in [0.1, 0.15) is 117 Å². The molecule has 0 radical (unpaired) electrons. The van der Waals surface area contributed by atoms with Crippen LogP contribution in [0.25, 0.3) is 0 Å². The molecule has 0 fully saturated rings. The van der Waals surface area contributed by atoms with Crippen LogP contribution in [0.5, 0.6) is 0 Å². The molecule has 10 heteroatoms. The second-order valence-corrected chi connectivity index (χ2v) is 10.4. The van der Waals surface area contributed by atoms with E-state index in [1.54, 1.807) is 0 Å². The molecule has 0 spiro atoms. The lowest BCUT2D eigenvalue weighted by Crippen LogP contribution is -2.15. The fourth-order valence-corrected chi connectivity index (χ4v) is 2.61. The smallest absolute Gasteiger partial charge is 0.180 e. The molecule has 0 saturated heterocycles. The Balaban J connectivity index is -0.000000127. The van der Waals surface area contributed by atoms with Crippen LogP contribution in [0.2, 0.25) is 0 Å². The second-order valence-electron chi connectivity index (χ2n) is 8.47. The lowest BCUT2D eigenvalue weighted by molar-refractivity contribution is -0.107. The topological polar surface area (TPSA) is 146 Å². The minimum atomic E-state index is -0.750. The fourth-order valence-electron chi connectivity index (χ4n) is 2.61. The highest BCUT2D eigenvalue weighted by Crippen LogP contribution is 2.03. The number of nitrogens with one attached hydrogen (secondary N) is 1. The Morgan fingerprint density at radius 3 is 1.32 bits per heavy atom. The number of hydrogen-bond donors (Lipinski definition) is 5. The molecule has 0 saturated carbocycles. The monoisotopic (exact) mass is 606 g/mol. The molecule has 0 aliphatic rings. The van der Waals surface area contributed by atoms with Crippen LogP contribution in [-0.2, 0) is 4.79 Å². The van der Waals surface area contributed by atoms with Crippen LogP contribution >= 0.6 is 34.8 Å². The Morgan fingerprint density at radius 2 is 1.00 bits per heavy atom. The van der Waals surface area contributed by atoms with E-state index in [1.807, 2.05) is 13.1 Å². The average Bonchev–Trinajstić information content (AvgIpc) is 2.91. The van der Waals surface area contributed by atoms with Gasteiger partial charge in [-0.15, -0.1) is 0 Å². The third-order valence-corrected chi connectivity index (χ3v) is 4.61. The lowest BCUT2D eigenvalue weighted by Gasteiger charge is -2.01. The number of carbonyl (C=O) groups excluding carboxylic acids is 1. The van der Waals surface area contributed by atoms with Crippen LogP contribution in [-0.4, -0.2) is 62.6 Å². The van der Waals surface area contributed by atoms with Gasteiger partial charge in [-0.1, -0.05) is 94.1 Å². The van der Waals surface area contributed by atoms with E-state index in [9.17, 15) is 4.79 Å². The number of hydrogen-bond acceptors (Lipinski definition) is 7. The highest BCUT2D eigenvalue weighted by atomic mass is 35.6. The van der Waals surface area contributed by atoms with Gasteiger partial charge in [0.05, 0.1) is 0 Å². The summed E-state index contributed by atoms with van der Waals surface area (Å²) in [6.45, 7) is 12.8. The van der Waals surface area contributed by atoms with Crippen molar-refractivity contribution in [2.45, 2.75) is 121 Å². The Labute approximate surface area is 251 Å².